The van der Waals surface area contributed by atoms with E-state index in [0.717, 1.165) is 0 Å². The largest absolute Gasteiger partial charge is 0.481 e. The van der Waals surface area contributed by atoms with Crippen molar-refractivity contribution in [2.75, 3.05) is 6.61 Å². The van der Waals surface area contributed by atoms with Crippen LogP contribution in [0.1, 0.15) is 67.7 Å². The van der Waals surface area contributed by atoms with Gasteiger partial charge in [-0.1, -0.05) is 48.0 Å². The highest BCUT2D eigenvalue weighted by Crippen LogP contribution is 2.34. The molecule has 0 spiro atoms. The van der Waals surface area contributed by atoms with E-state index in [1.54, 1.807) is 6.92 Å². The molecule has 0 aliphatic rings. The molecule has 1 N–H and O–H groups in total. The predicted octanol–water partition coefficient (Wildman–Crippen LogP) is 3.67. The van der Waals surface area contributed by atoms with E-state index in [9.17, 15) is 14.4 Å². The molecule has 0 aromatic heterocycles. The summed E-state index contributed by atoms with van der Waals surface area (Å²) in [7, 11) is 0. The van der Waals surface area contributed by atoms with Crippen molar-refractivity contribution in [2.24, 2.45) is 23.7 Å². The Morgan fingerprint density at radius 3 is 1.96 bits per heavy atom. The molecule has 0 rings (SSSR count). The number of ether oxygens (including phenoxy) is 2. The van der Waals surface area contributed by atoms with Crippen molar-refractivity contribution in [3.05, 3.63) is 0 Å². The Morgan fingerprint density at radius 1 is 1.04 bits per heavy atom. The molecule has 25 heavy (non-hydrogen) atoms. The van der Waals surface area contributed by atoms with Crippen molar-refractivity contribution >= 4 is 17.9 Å². The van der Waals surface area contributed by atoms with E-state index in [2.05, 4.69) is 0 Å². The average Bonchev–Trinajstić information content (AvgIpc) is 2.50. The fourth-order valence-electron chi connectivity index (χ4n) is 2.86. The van der Waals surface area contributed by atoms with Crippen LogP contribution in [0.5, 0.6) is 0 Å². The zero-order valence-electron chi connectivity index (χ0n) is 16.6. The molecule has 0 saturated heterocycles. The lowest BCUT2D eigenvalue weighted by atomic mass is 9.81. The molecular formula is C19H34O6. The molecule has 146 valence electrons. The first-order chi connectivity index (χ1) is 11.5. The van der Waals surface area contributed by atoms with Gasteiger partial charge in [-0.25, -0.2) is 4.79 Å². The third kappa shape index (κ3) is 6.67. The van der Waals surface area contributed by atoms with Gasteiger partial charge < -0.3 is 14.6 Å². The van der Waals surface area contributed by atoms with Gasteiger partial charge in [-0.05, 0) is 18.8 Å². The molecule has 0 heterocycles. The van der Waals surface area contributed by atoms with Crippen molar-refractivity contribution in [1.29, 1.82) is 0 Å². The molecule has 0 fully saturated rings. The first-order valence-electron chi connectivity index (χ1n) is 9.13. The number of carboxylic acid groups (broad SMARTS) is 1. The van der Waals surface area contributed by atoms with Crippen molar-refractivity contribution in [3.8, 4) is 0 Å². The van der Waals surface area contributed by atoms with Gasteiger partial charge in [0.05, 0.1) is 18.9 Å². The van der Waals surface area contributed by atoms with Crippen LogP contribution >= 0.6 is 0 Å². The maximum atomic E-state index is 12.8. The summed E-state index contributed by atoms with van der Waals surface area (Å²) in [6, 6.07) is 0. The topological polar surface area (TPSA) is 89.9 Å². The summed E-state index contributed by atoms with van der Waals surface area (Å²) < 4.78 is 10.9. The third-order valence-corrected chi connectivity index (χ3v) is 4.58. The third-order valence-electron chi connectivity index (χ3n) is 4.58. The molecule has 3 atom stereocenters. The Balaban J connectivity index is 5.75. The van der Waals surface area contributed by atoms with Crippen molar-refractivity contribution < 1.29 is 29.0 Å². The summed E-state index contributed by atoms with van der Waals surface area (Å²) in [5.74, 6) is -3.40. The van der Waals surface area contributed by atoms with Crippen LogP contribution in [0.4, 0.5) is 0 Å². The highest BCUT2D eigenvalue weighted by atomic mass is 16.6. The Bertz CT molecular complexity index is 457. The van der Waals surface area contributed by atoms with Crippen molar-refractivity contribution in [2.45, 2.75) is 73.3 Å². The van der Waals surface area contributed by atoms with Gasteiger partial charge in [-0.15, -0.1) is 0 Å². The fourth-order valence-corrected chi connectivity index (χ4v) is 2.86. The Kier molecular flexibility index (Phi) is 9.75. The van der Waals surface area contributed by atoms with Crippen LogP contribution in [-0.2, 0) is 23.9 Å². The maximum Gasteiger partial charge on any atom is 0.350 e. The highest BCUT2D eigenvalue weighted by molar-refractivity contribution is 5.86. The van der Waals surface area contributed by atoms with Gasteiger partial charge in [0.2, 0.25) is 5.60 Å². The highest BCUT2D eigenvalue weighted by Gasteiger charge is 2.48. The molecule has 0 aliphatic carbocycles. The molecule has 0 radical (unpaired) electrons. The van der Waals surface area contributed by atoms with Gasteiger partial charge >= 0.3 is 17.9 Å². The first-order valence-corrected chi connectivity index (χ1v) is 9.13. The van der Waals surface area contributed by atoms with E-state index in [0.29, 0.717) is 12.8 Å². The average molecular weight is 358 g/mol. The lowest BCUT2D eigenvalue weighted by Gasteiger charge is -2.37. The number of rotatable bonds is 11. The summed E-state index contributed by atoms with van der Waals surface area (Å²) in [5, 5.41) is 9.12. The van der Waals surface area contributed by atoms with Crippen molar-refractivity contribution in [3.63, 3.8) is 0 Å². The van der Waals surface area contributed by atoms with Gasteiger partial charge in [0.15, 0.2) is 0 Å². The Morgan fingerprint density at radius 2 is 1.60 bits per heavy atom. The molecule has 0 bridgehead atoms. The van der Waals surface area contributed by atoms with E-state index in [1.807, 2.05) is 41.5 Å². The molecule has 0 aromatic rings. The van der Waals surface area contributed by atoms with E-state index in [4.69, 9.17) is 14.6 Å². The summed E-state index contributed by atoms with van der Waals surface area (Å²) >= 11 is 0. The van der Waals surface area contributed by atoms with Gasteiger partial charge in [-0.2, -0.15) is 0 Å². The molecule has 6 nitrogen and oxygen atoms in total. The van der Waals surface area contributed by atoms with Crippen LogP contribution in [0.3, 0.4) is 0 Å². The summed E-state index contributed by atoms with van der Waals surface area (Å²) in [6.07, 6.45) is 0.660. The fraction of sp³-hybridized carbons (Fsp3) is 0.842. The van der Waals surface area contributed by atoms with E-state index in [-0.39, 0.29) is 30.8 Å². The molecule has 0 aromatic carbocycles. The van der Waals surface area contributed by atoms with Gasteiger partial charge in [-0.3, -0.25) is 9.59 Å². The second kappa shape index (κ2) is 10.4. The van der Waals surface area contributed by atoms with E-state index in [1.165, 1.54) is 0 Å². The minimum absolute atomic E-state index is 0.0983. The van der Waals surface area contributed by atoms with Crippen LogP contribution in [0.25, 0.3) is 0 Å². The maximum absolute atomic E-state index is 12.8. The van der Waals surface area contributed by atoms with Gasteiger partial charge in [0.25, 0.3) is 0 Å². The zero-order chi connectivity index (χ0) is 19.8. The lowest BCUT2D eigenvalue weighted by Crippen LogP contribution is -2.51. The number of esters is 2. The van der Waals surface area contributed by atoms with Crippen LogP contribution in [0.15, 0.2) is 0 Å². The second-order valence-corrected chi connectivity index (χ2v) is 7.37. The van der Waals surface area contributed by atoms with E-state index >= 15 is 0 Å². The smallest absolute Gasteiger partial charge is 0.350 e. The molecule has 3 unspecified atom stereocenters. The molecule has 6 heteroatoms. The summed E-state index contributed by atoms with van der Waals surface area (Å²) in [6.45, 7) is 13.1. The normalized spacial score (nSPS) is 16.2. The molecule has 0 amide bonds. The van der Waals surface area contributed by atoms with E-state index < -0.39 is 29.4 Å². The Labute approximate surface area is 151 Å². The monoisotopic (exact) mass is 358 g/mol. The predicted molar refractivity (Wildman–Crippen MR) is 94.9 cm³/mol. The number of hydrogen-bond acceptors (Lipinski definition) is 5. The van der Waals surface area contributed by atoms with Crippen LogP contribution in [0.2, 0.25) is 0 Å². The minimum atomic E-state index is -1.40. The Hall–Kier alpha value is -1.59. The number of carbonyl (C=O) groups is 3. The standard InChI is InChI=1S/C19H34O6/c1-8-14(7)15(10-16(20)21)17(22)25-19(13(5)6,11-12(3)4)18(23)24-9-2/h12-15H,8-11H2,1-7H3,(H,20,21). The molecule has 0 saturated carbocycles. The number of aliphatic carboxylic acids is 1. The first kappa shape index (κ1) is 23.4. The minimum Gasteiger partial charge on any atom is -0.481 e. The SMILES string of the molecule is CCOC(=O)C(CC(C)C)(OC(=O)C(CC(=O)O)C(C)CC)C(C)C. The summed E-state index contributed by atoms with van der Waals surface area (Å²) in [5.41, 5.74) is -1.40. The number of carbonyl (C=O) groups excluding carboxylic acids is 2. The second-order valence-electron chi connectivity index (χ2n) is 7.37. The van der Waals surface area contributed by atoms with Crippen LogP contribution < -0.4 is 0 Å². The summed E-state index contributed by atoms with van der Waals surface area (Å²) in [4.78, 5) is 36.6. The number of carboxylic acids is 1. The van der Waals surface area contributed by atoms with Crippen LogP contribution in [-0.4, -0.2) is 35.2 Å². The van der Waals surface area contributed by atoms with Crippen LogP contribution in [0, 0.1) is 23.7 Å². The molecular weight excluding hydrogens is 324 g/mol. The zero-order valence-corrected chi connectivity index (χ0v) is 16.6. The van der Waals surface area contributed by atoms with Gasteiger partial charge in [0.1, 0.15) is 0 Å². The number of hydrogen-bond donors (Lipinski definition) is 1. The molecule has 0 aliphatic heterocycles. The van der Waals surface area contributed by atoms with Gasteiger partial charge in [0, 0.05) is 12.3 Å². The lowest BCUT2D eigenvalue weighted by molar-refractivity contribution is -0.195. The quantitative estimate of drug-likeness (QED) is 0.567. The van der Waals surface area contributed by atoms with Crippen molar-refractivity contribution in [1.82, 2.24) is 0 Å².